The van der Waals surface area contributed by atoms with E-state index in [1.807, 2.05) is 6.07 Å². The Balaban J connectivity index is 1.80. The van der Waals surface area contributed by atoms with Gasteiger partial charge in [0.15, 0.2) is 5.54 Å². The standard InChI is InChI=1S/C23H24N2O6/c1-12-8-15(9-13(2)19(12)27)18-16-17(23(11-26,24-18)22(30)31)21(29)25(20(16)28)10-14-6-4-3-5-7-14/h3-9,16-18,24,26-27H,10-11H2,1-2H3,(H,30,31). The van der Waals surface area contributed by atoms with Crippen molar-refractivity contribution in [3.8, 4) is 5.75 Å². The summed E-state index contributed by atoms with van der Waals surface area (Å²) in [7, 11) is 0. The third-order valence-corrected chi connectivity index (χ3v) is 6.43. The van der Waals surface area contributed by atoms with Gasteiger partial charge in [-0.3, -0.25) is 24.6 Å². The number of carbonyl (C=O) groups excluding carboxylic acids is 2. The molecule has 0 bridgehead atoms. The highest BCUT2D eigenvalue weighted by Gasteiger charge is 2.68. The molecule has 2 amide bonds. The lowest BCUT2D eigenvalue weighted by Crippen LogP contribution is -2.58. The number of benzene rings is 2. The second-order valence-corrected chi connectivity index (χ2v) is 8.31. The molecule has 0 spiro atoms. The average molecular weight is 424 g/mol. The smallest absolute Gasteiger partial charge is 0.327 e. The van der Waals surface area contributed by atoms with Gasteiger partial charge in [0.2, 0.25) is 11.8 Å². The number of nitrogens with one attached hydrogen (secondary N) is 1. The molecule has 2 saturated heterocycles. The number of nitrogens with zero attached hydrogens (tertiary/aromatic N) is 1. The molecule has 4 rings (SSSR count). The average Bonchev–Trinajstić information content (AvgIpc) is 3.22. The number of amides is 2. The minimum absolute atomic E-state index is 0.0347. The molecule has 162 valence electrons. The Labute approximate surface area is 179 Å². The number of carboxylic acids is 1. The van der Waals surface area contributed by atoms with Crippen LogP contribution in [0.2, 0.25) is 0 Å². The Morgan fingerprint density at radius 2 is 1.71 bits per heavy atom. The molecule has 2 aliphatic heterocycles. The third kappa shape index (κ3) is 3.10. The van der Waals surface area contributed by atoms with E-state index in [1.165, 1.54) is 0 Å². The highest BCUT2D eigenvalue weighted by atomic mass is 16.4. The van der Waals surface area contributed by atoms with Crippen LogP contribution in [0, 0.1) is 25.7 Å². The SMILES string of the molecule is Cc1cc(C2NC(CO)(C(=O)O)C3C(=O)N(Cc4ccccc4)C(=O)C23)cc(C)c1O. The summed E-state index contributed by atoms with van der Waals surface area (Å²) in [5.41, 5.74) is 0.496. The van der Waals surface area contributed by atoms with Gasteiger partial charge in [0.05, 0.1) is 25.0 Å². The zero-order valence-corrected chi connectivity index (χ0v) is 17.2. The summed E-state index contributed by atoms with van der Waals surface area (Å²) in [5.74, 6) is -4.59. The minimum Gasteiger partial charge on any atom is -0.507 e. The maximum Gasteiger partial charge on any atom is 0.327 e. The topological polar surface area (TPSA) is 127 Å². The highest BCUT2D eigenvalue weighted by Crippen LogP contribution is 2.49. The number of carboxylic acid groups (broad SMARTS) is 1. The predicted molar refractivity (Wildman–Crippen MR) is 110 cm³/mol. The Bertz CT molecular complexity index is 1050. The van der Waals surface area contributed by atoms with Crippen LogP contribution in [-0.4, -0.2) is 50.1 Å². The first-order valence-electron chi connectivity index (χ1n) is 10.0. The number of carbonyl (C=O) groups is 3. The molecular formula is C23H24N2O6. The van der Waals surface area contributed by atoms with E-state index in [0.717, 1.165) is 10.5 Å². The van der Waals surface area contributed by atoms with Gasteiger partial charge in [-0.25, -0.2) is 0 Å². The normalized spacial score (nSPS) is 27.6. The summed E-state index contributed by atoms with van der Waals surface area (Å²) in [5, 5.41) is 33.0. The maximum absolute atomic E-state index is 13.4. The van der Waals surface area contributed by atoms with E-state index < -0.39 is 47.8 Å². The summed E-state index contributed by atoms with van der Waals surface area (Å²) >= 11 is 0. The molecule has 4 unspecified atom stereocenters. The first-order valence-corrected chi connectivity index (χ1v) is 10.0. The number of aliphatic hydroxyl groups excluding tert-OH is 1. The van der Waals surface area contributed by atoms with Crippen LogP contribution in [0.25, 0.3) is 0 Å². The molecule has 8 nitrogen and oxygen atoms in total. The summed E-state index contributed by atoms with van der Waals surface area (Å²) in [4.78, 5) is 40.0. The van der Waals surface area contributed by atoms with Crippen molar-refractivity contribution in [2.45, 2.75) is 32.0 Å². The van der Waals surface area contributed by atoms with Crippen LogP contribution in [0.15, 0.2) is 42.5 Å². The number of aliphatic hydroxyl groups is 1. The summed E-state index contributed by atoms with van der Waals surface area (Å²) in [6, 6.07) is 11.5. The van der Waals surface area contributed by atoms with Crippen LogP contribution in [0.5, 0.6) is 5.75 Å². The zero-order valence-electron chi connectivity index (χ0n) is 17.2. The van der Waals surface area contributed by atoms with Gasteiger partial charge in [0.25, 0.3) is 0 Å². The third-order valence-electron chi connectivity index (χ3n) is 6.43. The van der Waals surface area contributed by atoms with Crippen molar-refractivity contribution in [2.24, 2.45) is 11.8 Å². The van der Waals surface area contributed by atoms with Crippen LogP contribution >= 0.6 is 0 Å². The molecule has 0 aliphatic carbocycles. The van der Waals surface area contributed by atoms with Gasteiger partial charge in [0, 0.05) is 6.04 Å². The van der Waals surface area contributed by atoms with E-state index in [0.29, 0.717) is 16.7 Å². The zero-order chi connectivity index (χ0) is 22.5. The summed E-state index contributed by atoms with van der Waals surface area (Å²) in [6.07, 6.45) is 0. The van der Waals surface area contributed by atoms with Crippen LogP contribution in [0.1, 0.15) is 28.3 Å². The molecule has 0 saturated carbocycles. The number of aromatic hydroxyl groups is 1. The molecule has 0 radical (unpaired) electrons. The number of rotatable bonds is 5. The number of phenols is 1. The number of aliphatic carboxylic acids is 1. The van der Waals surface area contributed by atoms with E-state index in [2.05, 4.69) is 5.32 Å². The quantitative estimate of drug-likeness (QED) is 0.532. The molecule has 4 atom stereocenters. The number of hydrogen-bond donors (Lipinski definition) is 4. The lowest BCUT2D eigenvalue weighted by atomic mass is 9.79. The molecule has 2 heterocycles. The van der Waals surface area contributed by atoms with Crippen molar-refractivity contribution >= 4 is 17.8 Å². The molecule has 2 aromatic carbocycles. The van der Waals surface area contributed by atoms with Crippen LogP contribution in [0.3, 0.4) is 0 Å². The molecule has 0 aromatic heterocycles. The maximum atomic E-state index is 13.4. The fourth-order valence-electron chi connectivity index (χ4n) is 4.85. The van der Waals surface area contributed by atoms with Gasteiger partial charge >= 0.3 is 5.97 Å². The lowest BCUT2D eigenvalue weighted by molar-refractivity contribution is -0.153. The van der Waals surface area contributed by atoms with Crippen LogP contribution in [0.4, 0.5) is 0 Å². The Morgan fingerprint density at radius 3 is 2.26 bits per heavy atom. The van der Waals surface area contributed by atoms with Crippen molar-refractivity contribution in [3.05, 3.63) is 64.7 Å². The summed E-state index contributed by atoms with van der Waals surface area (Å²) < 4.78 is 0. The van der Waals surface area contributed by atoms with Gasteiger partial charge < -0.3 is 15.3 Å². The number of imide groups is 1. The largest absolute Gasteiger partial charge is 0.507 e. The number of likely N-dealkylation sites (tertiary alicyclic amines) is 1. The van der Waals surface area contributed by atoms with Crippen molar-refractivity contribution in [1.82, 2.24) is 10.2 Å². The highest BCUT2D eigenvalue weighted by molar-refractivity contribution is 6.09. The van der Waals surface area contributed by atoms with Gasteiger partial charge in [-0.15, -0.1) is 0 Å². The molecule has 4 N–H and O–H groups in total. The van der Waals surface area contributed by atoms with Gasteiger partial charge in [0.1, 0.15) is 5.75 Å². The number of aryl methyl sites for hydroxylation is 2. The molecule has 2 aliphatic rings. The molecule has 31 heavy (non-hydrogen) atoms. The van der Waals surface area contributed by atoms with Crippen molar-refractivity contribution in [1.29, 1.82) is 0 Å². The van der Waals surface area contributed by atoms with E-state index in [-0.39, 0.29) is 12.3 Å². The molecule has 8 heteroatoms. The number of fused-ring (bicyclic) bond motifs is 1. The Kier molecular flexibility index (Phi) is 5.07. The first-order chi connectivity index (χ1) is 14.7. The molecule has 2 fully saturated rings. The van der Waals surface area contributed by atoms with Crippen molar-refractivity contribution < 1.29 is 29.7 Å². The second-order valence-electron chi connectivity index (χ2n) is 8.31. The van der Waals surface area contributed by atoms with E-state index in [9.17, 15) is 29.7 Å². The fourth-order valence-corrected chi connectivity index (χ4v) is 4.85. The minimum atomic E-state index is -1.98. The molecule has 2 aromatic rings. The Hall–Kier alpha value is -3.23. The fraction of sp³-hybridized carbons (Fsp3) is 0.348. The molecular weight excluding hydrogens is 400 g/mol. The first kappa shape index (κ1) is 21.0. The van der Waals surface area contributed by atoms with E-state index in [1.54, 1.807) is 50.2 Å². The van der Waals surface area contributed by atoms with E-state index in [4.69, 9.17) is 0 Å². The van der Waals surface area contributed by atoms with Crippen LogP contribution < -0.4 is 5.32 Å². The Morgan fingerprint density at radius 1 is 1.10 bits per heavy atom. The van der Waals surface area contributed by atoms with E-state index >= 15 is 0 Å². The van der Waals surface area contributed by atoms with Crippen molar-refractivity contribution in [3.63, 3.8) is 0 Å². The lowest BCUT2D eigenvalue weighted by Gasteiger charge is -2.29. The van der Waals surface area contributed by atoms with Gasteiger partial charge in [-0.05, 0) is 36.1 Å². The predicted octanol–water partition coefficient (Wildman–Crippen LogP) is 1.27. The number of phenolic OH excluding ortho intramolecular Hbond substituents is 1. The monoisotopic (exact) mass is 424 g/mol. The van der Waals surface area contributed by atoms with Crippen molar-refractivity contribution in [2.75, 3.05) is 6.61 Å². The van der Waals surface area contributed by atoms with Gasteiger partial charge in [-0.2, -0.15) is 0 Å². The second kappa shape index (κ2) is 7.47. The number of hydrogen-bond acceptors (Lipinski definition) is 6. The van der Waals surface area contributed by atoms with Gasteiger partial charge in [-0.1, -0.05) is 42.5 Å². The summed E-state index contributed by atoms with van der Waals surface area (Å²) in [6.45, 7) is 2.61. The van der Waals surface area contributed by atoms with Crippen LogP contribution in [-0.2, 0) is 20.9 Å².